The third-order valence-electron chi connectivity index (χ3n) is 3.57. The van der Waals surface area contributed by atoms with Gasteiger partial charge in [0.25, 0.3) is 5.91 Å². The Morgan fingerprint density at radius 1 is 1.24 bits per heavy atom. The van der Waals surface area contributed by atoms with Crippen LogP contribution in [0, 0.1) is 11.8 Å². The summed E-state index contributed by atoms with van der Waals surface area (Å²) >= 11 is 0. The minimum absolute atomic E-state index is 0.0186. The summed E-state index contributed by atoms with van der Waals surface area (Å²) in [4.78, 5) is 14.2. The normalized spacial score (nSPS) is 21.0. The minimum Gasteiger partial charge on any atom is -0.377 e. The average Bonchev–Trinajstić information content (AvgIpc) is 2.96. The molecular formula is C16H20N2O3. The molecule has 0 aliphatic carbocycles. The highest BCUT2D eigenvalue weighted by Crippen LogP contribution is 2.18. The molecule has 1 aliphatic rings. The van der Waals surface area contributed by atoms with E-state index in [1.807, 2.05) is 12.1 Å². The molecule has 0 saturated carbocycles. The summed E-state index contributed by atoms with van der Waals surface area (Å²) in [6.07, 6.45) is -0.151. The molecule has 1 aromatic carbocycles. The van der Waals surface area contributed by atoms with Crippen molar-refractivity contribution in [1.29, 1.82) is 0 Å². The molecule has 21 heavy (non-hydrogen) atoms. The van der Waals surface area contributed by atoms with Crippen LogP contribution < -0.4 is 5.73 Å². The Bertz CT molecular complexity index is 533. The Balaban J connectivity index is 2.07. The van der Waals surface area contributed by atoms with Gasteiger partial charge in [0.1, 0.15) is 12.2 Å². The van der Waals surface area contributed by atoms with Crippen LogP contribution >= 0.6 is 0 Å². The summed E-state index contributed by atoms with van der Waals surface area (Å²) in [6, 6.07) is 7.22. The Hall–Kier alpha value is -1.87. The van der Waals surface area contributed by atoms with E-state index in [-0.39, 0.29) is 18.1 Å². The average molecular weight is 288 g/mol. The number of hydrogen-bond acceptors (Lipinski definition) is 4. The molecule has 5 heteroatoms. The zero-order valence-electron chi connectivity index (χ0n) is 12.3. The molecule has 0 spiro atoms. The fraction of sp³-hybridized carbons (Fsp3) is 0.438. The lowest BCUT2D eigenvalue weighted by Gasteiger charge is -2.15. The maximum Gasteiger partial charge on any atom is 0.254 e. The Morgan fingerprint density at radius 3 is 2.29 bits per heavy atom. The van der Waals surface area contributed by atoms with Gasteiger partial charge in [-0.15, -0.1) is 0 Å². The van der Waals surface area contributed by atoms with Gasteiger partial charge in [0.2, 0.25) is 0 Å². The van der Waals surface area contributed by atoms with Gasteiger partial charge in [-0.05, 0) is 24.3 Å². The van der Waals surface area contributed by atoms with Crippen molar-refractivity contribution in [1.82, 2.24) is 4.90 Å². The van der Waals surface area contributed by atoms with Crippen LogP contribution in [0.1, 0.15) is 15.9 Å². The van der Waals surface area contributed by atoms with Crippen LogP contribution in [0.3, 0.4) is 0 Å². The van der Waals surface area contributed by atoms with Crippen molar-refractivity contribution in [3.8, 4) is 11.8 Å². The number of methoxy groups -OCH3 is 2. The van der Waals surface area contributed by atoms with Gasteiger partial charge in [0.15, 0.2) is 0 Å². The zero-order valence-corrected chi connectivity index (χ0v) is 12.3. The monoisotopic (exact) mass is 288 g/mol. The first kappa shape index (κ1) is 15.5. The maximum absolute atomic E-state index is 12.5. The van der Waals surface area contributed by atoms with E-state index >= 15 is 0 Å². The number of hydrogen-bond donors (Lipinski definition) is 1. The topological polar surface area (TPSA) is 64.8 Å². The predicted molar refractivity (Wildman–Crippen MR) is 79.9 cm³/mol. The summed E-state index contributed by atoms with van der Waals surface area (Å²) in [5.74, 6) is 5.70. The van der Waals surface area contributed by atoms with E-state index in [0.717, 1.165) is 5.56 Å². The summed E-state index contributed by atoms with van der Waals surface area (Å²) in [5.41, 5.74) is 6.82. The third-order valence-corrected chi connectivity index (χ3v) is 3.57. The van der Waals surface area contributed by atoms with Gasteiger partial charge < -0.3 is 20.1 Å². The van der Waals surface area contributed by atoms with Crippen molar-refractivity contribution in [3.05, 3.63) is 35.4 Å². The lowest BCUT2D eigenvalue weighted by Crippen LogP contribution is -2.30. The molecule has 1 amide bonds. The van der Waals surface area contributed by atoms with Gasteiger partial charge in [-0.25, -0.2) is 0 Å². The molecule has 2 rings (SSSR count). The molecule has 5 nitrogen and oxygen atoms in total. The van der Waals surface area contributed by atoms with E-state index in [0.29, 0.717) is 25.2 Å². The fourth-order valence-electron chi connectivity index (χ4n) is 2.39. The summed E-state index contributed by atoms with van der Waals surface area (Å²) < 4.78 is 10.7. The van der Waals surface area contributed by atoms with E-state index in [2.05, 4.69) is 11.8 Å². The highest BCUT2D eigenvalue weighted by atomic mass is 16.5. The van der Waals surface area contributed by atoms with Crippen molar-refractivity contribution in [2.24, 2.45) is 5.73 Å². The molecule has 1 aromatic rings. The van der Waals surface area contributed by atoms with Crippen LogP contribution in [-0.4, -0.2) is 56.9 Å². The van der Waals surface area contributed by atoms with Crippen LogP contribution in [0.15, 0.2) is 24.3 Å². The van der Waals surface area contributed by atoms with Gasteiger partial charge >= 0.3 is 0 Å². The van der Waals surface area contributed by atoms with Crippen LogP contribution in [0.2, 0.25) is 0 Å². The van der Waals surface area contributed by atoms with E-state index < -0.39 is 0 Å². The number of nitrogens with zero attached hydrogens (tertiary/aromatic N) is 1. The second-order valence-corrected chi connectivity index (χ2v) is 4.84. The van der Waals surface area contributed by atoms with Crippen molar-refractivity contribution in [2.75, 3.05) is 33.9 Å². The number of benzene rings is 1. The maximum atomic E-state index is 12.5. The van der Waals surface area contributed by atoms with Crippen LogP contribution in [0.25, 0.3) is 0 Å². The number of likely N-dealkylation sites (tertiary alicyclic amines) is 1. The number of carbonyl (C=O) groups excluding carboxylic acids is 1. The van der Waals surface area contributed by atoms with Crippen LogP contribution in [0.4, 0.5) is 0 Å². The molecule has 1 saturated heterocycles. The summed E-state index contributed by atoms with van der Waals surface area (Å²) in [6.45, 7) is 1.41. The van der Waals surface area contributed by atoms with E-state index in [1.54, 1.807) is 31.3 Å². The summed E-state index contributed by atoms with van der Waals surface area (Å²) in [5, 5.41) is 0. The zero-order chi connectivity index (χ0) is 15.2. The molecule has 2 unspecified atom stereocenters. The van der Waals surface area contributed by atoms with Crippen molar-refractivity contribution < 1.29 is 14.3 Å². The lowest BCUT2D eigenvalue weighted by molar-refractivity contribution is -0.00461. The standard InChI is InChI=1S/C16H20N2O3/c1-20-14-10-18(11-15(14)21-2)16(19)13-7-5-12(6-8-13)4-3-9-17/h5-8,14-15H,9-11,17H2,1-2H3. The first-order valence-electron chi connectivity index (χ1n) is 6.83. The van der Waals surface area contributed by atoms with Gasteiger partial charge in [-0.1, -0.05) is 11.8 Å². The van der Waals surface area contributed by atoms with E-state index in [9.17, 15) is 4.79 Å². The number of rotatable bonds is 3. The van der Waals surface area contributed by atoms with Crippen molar-refractivity contribution in [3.63, 3.8) is 0 Å². The van der Waals surface area contributed by atoms with Crippen molar-refractivity contribution in [2.45, 2.75) is 12.2 Å². The third kappa shape index (κ3) is 3.61. The first-order chi connectivity index (χ1) is 10.2. The molecule has 0 aromatic heterocycles. The largest absolute Gasteiger partial charge is 0.377 e. The smallest absolute Gasteiger partial charge is 0.254 e. The molecule has 1 aliphatic heterocycles. The number of nitrogens with two attached hydrogens (primary N) is 1. The molecule has 1 fully saturated rings. The molecule has 1 heterocycles. The Morgan fingerprint density at radius 2 is 1.81 bits per heavy atom. The highest BCUT2D eigenvalue weighted by molar-refractivity contribution is 5.94. The molecule has 2 atom stereocenters. The first-order valence-corrected chi connectivity index (χ1v) is 6.83. The molecule has 0 bridgehead atoms. The van der Waals surface area contributed by atoms with Gasteiger partial charge in [-0.3, -0.25) is 4.79 Å². The number of ether oxygens (including phenoxy) is 2. The molecular weight excluding hydrogens is 268 g/mol. The summed E-state index contributed by atoms with van der Waals surface area (Å²) in [7, 11) is 3.27. The fourth-order valence-corrected chi connectivity index (χ4v) is 2.39. The highest BCUT2D eigenvalue weighted by Gasteiger charge is 2.35. The molecule has 2 N–H and O–H groups in total. The number of amides is 1. The lowest BCUT2D eigenvalue weighted by atomic mass is 10.1. The quantitative estimate of drug-likeness (QED) is 0.822. The Kier molecular flexibility index (Phi) is 5.34. The van der Waals surface area contributed by atoms with Gasteiger partial charge in [-0.2, -0.15) is 0 Å². The van der Waals surface area contributed by atoms with E-state index in [4.69, 9.17) is 15.2 Å². The Labute approximate surface area is 125 Å². The molecule has 112 valence electrons. The number of carbonyl (C=O) groups is 1. The minimum atomic E-state index is -0.0753. The molecule has 0 radical (unpaired) electrons. The van der Waals surface area contributed by atoms with Gasteiger partial charge in [0, 0.05) is 38.4 Å². The second kappa shape index (κ2) is 7.23. The second-order valence-electron chi connectivity index (χ2n) is 4.84. The van der Waals surface area contributed by atoms with Crippen LogP contribution in [0.5, 0.6) is 0 Å². The SMILES string of the molecule is COC1CN(C(=O)c2ccc(C#CCN)cc2)CC1OC. The van der Waals surface area contributed by atoms with Crippen LogP contribution in [-0.2, 0) is 9.47 Å². The van der Waals surface area contributed by atoms with Crippen molar-refractivity contribution >= 4 is 5.91 Å². The predicted octanol–water partition coefficient (Wildman–Crippen LogP) is 0.483. The van der Waals surface area contributed by atoms with Gasteiger partial charge in [0.05, 0.1) is 6.54 Å². The van der Waals surface area contributed by atoms with E-state index in [1.165, 1.54) is 0 Å².